The number of esters is 3. The number of carbonyl (C=O) groups is 4. The number of aliphatic carboxylic acids is 1. The van der Waals surface area contributed by atoms with Gasteiger partial charge in [0.2, 0.25) is 0 Å². The van der Waals surface area contributed by atoms with Gasteiger partial charge in [0.1, 0.15) is 18.8 Å². The van der Waals surface area contributed by atoms with E-state index in [4.69, 9.17) is 23.7 Å². The summed E-state index contributed by atoms with van der Waals surface area (Å²) < 4.78 is 28.5. The van der Waals surface area contributed by atoms with Crippen LogP contribution in [0.2, 0.25) is 0 Å². The fourth-order valence-electron chi connectivity index (χ4n) is 9.65. The van der Waals surface area contributed by atoms with E-state index in [1.54, 1.807) is 0 Å². The predicted molar refractivity (Wildman–Crippen MR) is 322 cm³/mol. The highest BCUT2D eigenvalue weighted by Gasteiger charge is 2.50. The van der Waals surface area contributed by atoms with E-state index in [1.165, 1.54) is 128 Å². The van der Waals surface area contributed by atoms with E-state index in [1.807, 2.05) is 0 Å². The molecule has 12 heteroatoms. The molecule has 3 N–H and O–H groups in total. The van der Waals surface area contributed by atoms with Crippen molar-refractivity contribution in [3.63, 3.8) is 0 Å². The summed E-state index contributed by atoms with van der Waals surface area (Å²) in [6.45, 7) is 5.89. The van der Waals surface area contributed by atoms with Gasteiger partial charge in [-0.1, -0.05) is 248 Å². The first-order valence-corrected chi connectivity index (χ1v) is 32.3. The highest BCUT2D eigenvalue weighted by Crippen LogP contribution is 2.27. The number of carbonyl (C=O) groups excluding carboxylic acids is 3. The molecule has 0 aromatic heterocycles. The van der Waals surface area contributed by atoms with Gasteiger partial charge in [-0.2, -0.15) is 0 Å². The van der Waals surface area contributed by atoms with Gasteiger partial charge in [-0.25, -0.2) is 4.79 Å². The first-order chi connectivity index (χ1) is 38.6. The van der Waals surface area contributed by atoms with Crippen LogP contribution in [0.5, 0.6) is 0 Å². The maximum absolute atomic E-state index is 13.1. The van der Waals surface area contributed by atoms with E-state index in [0.717, 1.165) is 103 Å². The van der Waals surface area contributed by atoms with Crippen LogP contribution in [-0.4, -0.2) is 89.2 Å². The number of hydrogen-bond acceptors (Lipinski definition) is 11. The lowest BCUT2D eigenvalue weighted by atomic mass is 9.98. The Morgan fingerprint density at radius 2 is 0.797 bits per heavy atom. The van der Waals surface area contributed by atoms with Gasteiger partial charge in [-0.15, -0.1) is 0 Å². The predicted octanol–water partition coefficient (Wildman–Crippen LogP) is 17.1. The summed E-state index contributed by atoms with van der Waals surface area (Å²) in [5.41, 5.74) is 0. The van der Waals surface area contributed by atoms with E-state index in [2.05, 4.69) is 81.5 Å². The zero-order valence-electron chi connectivity index (χ0n) is 50.4. The summed E-state index contributed by atoms with van der Waals surface area (Å²) in [7, 11) is 0. The Morgan fingerprint density at radius 3 is 1.23 bits per heavy atom. The zero-order chi connectivity index (χ0) is 57.5. The molecule has 1 heterocycles. The molecule has 0 aromatic carbocycles. The monoisotopic (exact) mass is 1110 g/mol. The maximum Gasteiger partial charge on any atom is 0.335 e. The number of carboxylic acids is 1. The molecular weight excluding hydrogens is 997 g/mol. The van der Waals surface area contributed by atoms with Crippen LogP contribution in [0, 0.1) is 0 Å². The fourth-order valence-corrected chi connectivity index (χ4v) is 9.65. The second-order valence-electron chi connectivity index (χ2n) is 22.0. The van der Waals surface area contributed by atoms with E-state index in [9.17, 15) is 34.5 Å². The minimum Gasteiger partial charge on any atom is -0.479 e. The second kappa shape index (κ2) is 55.0. The summed E-state index contributed by atoms with van der Waals surface area (Å²) in [5, 5.41) is 31.6. The third-order valence-corrected chi connectivity index (χ3v) is 14.6. The molecule has 79 heavy (non-hydrogen) atoms. The minimum atomic E-state index is -1.91. The Balaban J connectivity index is 2.62. The molecule has 1 saturated heterocycles. The van der Waals surface area contributed by atoms with Crippen molar-refractivity contribution in [2.75, 3.05) is 13.2 Å². The normalized spacial score (nSPS) is 18.2. The Hall–Kier alpha value is -3.58. The van der Waals surface area contributed by atoms with Gasteiger partial charge >= 0.3 is 23.9 Å². The number of aliphatic hydroxyl groups is 2. The molecule has 0 amide bonds. The van der Waals surface area contributed by atoms with Crippen LogP contribution in [0.25, 0.3) is 0 Å². The number of aliphatic hydroxyl groups excluding tert-OH is 2. The molecule has 0 aromatic rings. The number of carboxylic acid groups (broad SMARTS) is 1. The molecule has 0 aliphatic carbocycles. The van der Waals surface area contributed by atoms with Crippen molar-refractivity contribution in [2.45, 2.75) is 327 Å². The molecule has 1 rings (SSSR count). The van der Waals surface area contributed by atoms with Gasteiger partial charge in [0.15, 0.2) is 24.6 Å². The molecule has 6 atom stereocenters. The Morgan fingerprint density at radius 1 is 0.430 bits per heavy atom. The number of rotatable bonds is 55. The zero-order valence-corrected chi connectivity index (χ0v) is 50.4. The second-order valence-corrected chi connectivity index (χ2v) is 22.0. The number of ether oxygens (including phenoxy) is 5. The summed E-state index contributed by atoms with van der Waals surface area (Å²) >= 11 is 0. The Labute approximate surface area is 481 Å². The van der Waals surface area contributed by atoms with Crippen LogP contribution in [-0.2, 0) is 42.9 Å². The van der Waals surface area contributed by atoms with Gasteiger partial charge in [-0.3, -0.25) is 14.4 Å². The molecule has 0 spiro atoms. The molecule has 456 valence electrons. The average molecular weight is 1110 g/mol. The summed E-state index contributed by atoms with van der Waals surface area (Å²) in [6, 6.07) is 0. The van der Waals surface area contributed by atoms with E-state index >= 15 is 0 Å². The molecule has 1 aliphatic heterocycles. The highest BCUT2D eigenvalue weighted by molar-refractivity contribution is 5.74. The minimum absolute atomic E-state index is 0.0449. The van der Waals surface area contributed by atoms with Crippen LogP contribution < -0.4 is 0 Å². The Kier molecular flexibility index (Phi) is 51.1. The summed E-state index contributed by atoms with van der Waals surface area (Å²) in [6.07, 6.45) is 56.1. The van der Waals surface area contributed by atoms with Gasteiger partial charge in [0, 0.05) is 19.3 Å². The number of unbranched alkanes of at least 4 members (excludes halogenated alkanes) is 31. The van der Waals surface area contributed by atoms with E-state index in [-0.39, 0.29) is 25.9 Å². The van der Waals surface area contributed by atoms with Crippen LogP contribution in [0.15, 0.2) is 60.8 Å². The SMILES string of the molecule is CC/C=C\C/C=C\C/C=C\C/C=C\CCCCCCCCC(=O)OC1C(OCC(COC(=O)CCCCCCCCCCC/C=C\CCCCCCCC)OC(=O)CCCCCCCCCCCCC)OC(C(=O)O)C(O)C1O. The highest BCUT2D eigenvalue weighted by atomic mass is 16.7. The van der Waals surface area contributed by atoms with Gasteiger partial charge in [0.25, 0.3) is 0 Å². The lowest BCUT2D eigenvalue weighted by Crippen LogP contribution is -2.61. The third kappa shape index (κ3) is 44.7. The lowest BCUT2D eigenvalue weighted by Gasteiger charge is -2.40. The topological polar surface area (TPSA) is 175 Å². The van der Waals surface area contributed by atoms with Crippen LogP contribution in [0.3, 0.4) is 0 Å². The van der Waals surface area contributed by atoms with E-state index < -0.39 is 67.3 Å². The molecule has 12 nitrogen and oxygen atoms in total. The van der Waals surface area contributed by atoms with Crippen molar-refractivity contribution in [2.24, 2.45) is 0 Å². The van der Waals surface area contributed by atoms with Crippen molar-refractivity contribution in [1.29, 1.82) is 0 Å². The smallest absolute Gasteiger partial charge is 0.335 e. The van der Waals surface area contributed by atoms with Gasteiger partial charge in [0.05, 0.1) is 6.61 Å². The van der Waals surface area contributed by atoms with Gasteiger partial charge in [-0.05, 0) is 83.5 Å². The molecule has 0 saturated carbocycles. The fraction of sp³-hybridized carbons (Fsp3) is 0.791. The van der Waals surface area contributed by atoms with Gasteiger partial charge < -0.3 is 39.0 Å². The average Bonchev–Trinajstić information content (AvgIpc) is 3.43. The molecule has 6 unspecified atom stereocenters. The van der Waals surface area contributed by atoms with Crippen molar-refractivity contribution < 1.29 is 58.2 Å². The van der Waals surface area contributed by atoms with E-state index in [0.29, 0.717) is 19.3 Å². The summed E-state index contributed by atoms with van der Waals surface area (Å²) in [4.78, 5) is 51.2. The molecular formula is C67H116O12. The molecule has 0 radical (unpaired) electrons. The molecule has 1 fully saturated rings. The van der Waals surface area contributed by atoms with Crippen LogP contribution in [0.4, 0.5) is 0 Å². The first-order valence-electron chi connectivity index (χ1n) is 32.3. The van der Waals surface area contributed by atoms with Crippen molar-refractivity contribution in [3.05, 3.63) is 60.8 Å². The first kappa shape index (κ1) is 73.4. The number of allylic oxidation sites excluding steroid dienone is 10. The Bertz CT molecular complexity index is 1600. The van der Waals surface area contributed by atoms with Crippen LogP contribution >= 0.6 is 0 Å². The molecule has 0 bridgehead atoms. The quantitative estimate of drug-likeness (QED) is 0.0228. The number of hydrogen-bond donors (Lipinski definition) is 3. The van der Waals surface area contributed by atoms with Crippen molar-refractivity contribution >= 4 is 23.9 Å². The standard InChI is InChI=1S/C67H116O12/c1-4-7-10-13-16-19-22-24-26-28-30-32-34-36-39-41-44-47-50-53-59(68)75-56-58(77-60(69)54-51-48-45-42-38-21-18-15-12-9-6-3)57-76-67-65(63(72)62(71)64(79-67)66(73)74)78-61(70)55-52-49-46-43-40-37-35-33-31-29-27-25-23-20-17-14-11-8-5-2/h8,11,17,20,24-27,31,33,58,62-65,67,71-72H,4-7,9-10,12-16,18-19,21-23,28-30,32,34-57H2,1-3H3,(H,73,74)/b11-8-,20-17-,26-24-,27-25-,33-31-. The third-order valence-electron chi connectivity index (χ3n) is 14.6. The summed E-state index contributed by atoms with van der Waals surface area (Å²) in [5.74, 6) is -3.12. The largest absolute Gasteiger partial charge is 0.479 e. The lowest BCUT2D eigenvalue weighted by molar-refractivity contribution is -0.301. The van der Waals surface area contributed by atoms with Crippen molar-refractivity contribution in [1.82, 2.24) is 0 Å². The van der Waals surface area contributed by atoms with Crippen LogP contribution in [0.1, 0.15) is 290 Å². The maximum atomic E-state index is 13.1. The molecule has 1 aliphatic rings. The van der Waals surface area contributed by atoms with Crippen molar-refractivity contribution in [3.8, 4) is 0 Å².